The Kier molecular flexibility index (Phi) is 3.92. The molecule has 0 spiro atoms. The molecule has 1 nitrogen and oxygen atoms in total. The summed E-state index contributed by atoms with van der Waals surface area (Å²) in [5, 5.41) is 0.767. The third kappa shape index (κ3) is 3.78. The molecule has 0 aliphatic carbocycles. The highest BCUT2D eigenvalue weighted by Crippen LogP contribution is 2.32. The monoisotopic (exact) mass is 306 g/mol. The molecule has 0 heterocycles. The van der Waals surface area contributed by atoms with E-state index in [9.17, 15) is 13.2 Å². The number of alkyl halides is 3. The van der Waals surface area contributed by atoms with Crippen molar-refractivity contribution in [2.75, 3.05) is 0 Å². The van der Waals surface area contributed by atoms with Crippen LogP contribution in [0, 0.1) is 0 Å². The number of halogens is 5. The average molecular weight is 307 g/mol. The van der Waals surface area contributed by atoms with Crippen LogP contribution in [0.2, 0.25) is 10.0 Å². The van der Waals surface area contributed by atoms with Gasteiger partial charge < -0.3 is 4.74 Å². The first-order valence-corrected chi connectivity index (χ1v) is 5.91. The first kappa shape index (κ1) is 14.0. The number of benzene rings is 2. The molecule has 0 aliphatic heterocycles. The molecular formula is C13H7Cl2F3O. The quantitative estimate of drug-likeness (QED) is 0.681. The highest BCUT2D eigenvalue weighted by molar-refractivity contribution is 6.34. The molecule has 100 valence electrons. The van der Waals surface area contributed by atoms with Crippen LogP contribution in [0.15, 0.2) is 42.5 Å². The molecule has 19 heavy (non-hydrogen) atoms. The Morgan fingerprint density at radius 2 is 1.32 bits per heavy atom. The molecule has 6 heteroatoms. The van der Waals surface area contributed by atoms with Gasteiger partial charge in [-0.1, -0.05) is 23.2 Å². The summed E-state index contributed by atoms with van der Waals surface area (Å²) < 4.78 is 42.5. The van der Waals surface area contributed by atoms with Gasteiger partial charge in [-0.2, -0.15) is 13.2 Å². The lowest BCUT2D eigenvalue weighted by Gasteiger charge is -2.09. The van der Waals surface area contributed by atoms with E-state index in [4.69, 9.17) is 27.9 Å². The topological polar surface area (TPSA) is 9.23 Å². The van der Waals surface area contributed by atoms with Crippen molar-refractivity contribution in [1.82, 2.24) is 0 Å². The van der Waals surface area contributed by atoms with Gasteiger partial charge >= 0.3 is 6.18 Å². The zero-order valence-corrected chi connectivity index (χ0v) is 10.9. The van der Waals surface area contributed by atoms with Crippen LogP contribution in [0.5, 0.6) is 11.5 Å². The highest BCUT2D eigenvalue weighted by atomic mass is 35.5. The minimum Gasteiger partial charge on any atom is -0.457 e. The smallest absolute Gasteiger partial charge is 0.416 e. The second-order valence-corrected chi connectivity index (χ2v) is 4.60. The van der Waals surface area contributed by atoms with Crippen molar-refractivity contribution in [1.29, 1.82) is 0 Å². The van der Waals surface area contributed by atoms with E-state index in [1.165, 1.54) is 30.3 Å². The maximum atomic E-state index is 12.4. The molecule has 2 rings (SSSR count). The average Bonchev–Trinajstić information content (AvgIpc) is 2.26. The largest absolute Gasteiger partial charge is 0.457 e. The van der Waals surface area contributed by atoms with Gasteiger partial charge in [0.05, 0.1) is 5.56 Å². The van der Waals surface area contributed by atoms with Crippen molar-refractivity contribution >= 4 is 23.2 Å². The van der Waals surface area contributed by atoms with Gasteiger partial charge in [0.15, 0.2) is 0 Å². The van der Waals surface area contributed by atoms with E-state index in [2.05, 4.69) is 0 Å². The van der Waals surface area contributed by atoms with Crippen molar-refractivity contribution < 1.29 is 17.9 Å². The van der Waals surface area contributed by atoms with Crippen molar-refractivity contribution in [3.8, 4) is 11.5 Å². The van der Waals surface area contributed by atoms with E-state index < -0.39 is 11.7 Å². The van der Waals surface area contributed by atoms with E-state index in [1.807, 2.05) is 0 Å². The van der Waals surface area contributed by atoms with E-state index in [1.54, 1.807) is 0 Å². The Labute approximate surface area is 117 Å². The van der Waals surface area contributed by atoms with E-state index in [0.717, 1.165) is 12.1 Å². The molecule has 0 saturated heterocycles. The van der Waals surface area contributed by atoms with Gasteiger partial charge in [-0.05, 0) is 42.5 Å². The predicted molar refractivity (Wildman–Crippen MR) is 68.0 cm³/mol. The van der Waals surface area contributed by atoms with Crippen molar-refractivity contribution in [3.63, 3.8) is 0 Å². The fraction of sp³-hybridized carbons (Fsp3) is 0.0769. The number of hydrogen-bond acceptors (Lipinski definition) is 1. The van der Waals surface area contributed by atoms with Gasteiger partial charge in [-0.25, -0.2) is 0 Å². The summed E-state index contributed by atoms with van der Waals surface area (Å²) in [5.74, 6) is 0.628. The van der Waals surface area contributed by atoms with Crippen molar-refractivity contribution in [3.05, 3.63) is 58.1 Å². The summed E-state index contributed by atoms with van der Waals surface area (Å²) >= 11 is 11.6. The molecule has 0 radical (unpaired) electrons. The third-order valence-corrected chi connectivity index (χ3v) is 2.69. The zero-order valence-electron chi connectivity index (χ0n) is 9.34. The Bertz CT molecular complexity index is 559. The minimum absolute atomic E-state index is 0.270. The van der Waals surface area contributed by atoms with Crippen LogP contribution in [0.3, 0.4) is 0 Å². The molecule has 0 aliphatic rings. The second kappa shape index (κ2) is 5.31. The predicted octanol–water partition coefficient (Wildman–Crippen LogP) is 5.80. The summed E-state index contributed by atoms with van der Waals surface area (Å²) in [6.45, 7) is 0. The van der Waals surface area contributed by atoms with Gasteiger partial charge in [0.2, 0.25) is 0 Å². The van der Waals surface area contributed by atoms with Crippen LogP contribution >= 0.6 is 23.2 Å². The number of rotatable bonds is 2. The number of hydrogen-bond donors (Lipinski definition) is 0. The number of ether oxygens (including phenoxy) is 1. The van der Waals surface area contributed by atoms with Gasteiger partial charge in [0.1, 0.15) is 11.5 Å². The summed E-state index contributed by atoms with van der Waals surface area (Å²) in [5.41, 5.74) is -0.732. The van der Waals surface area contributed by atoms with Gasteiger partial charge in [0, 0.05) is 10.0 Å². The van der Waals surface area contributed by atoms with E-state index in [0.29, 0.717) is 15.8 Å². The second-order valence-electron chi connectivity index (χ2n) is 3.73. The Hall–Kier alpha value is -1.39. The molecular weight excluding hydrogens is 300 g/mol. The standard InChI is InChI=1S/C13H7Cl2F3O/c14-9-5-10(15)7-12(6-9)19-11-3-1-8(2-4-11)13(16,17)18/h1-7H. The lowest BCUT2D eigenvalue weighted by molar-refractivity contribution is -0.137. The first-order valence-electron chi connectivity index (χ1n) is 5.16. The lowest BCUT2D eigenvalue weighted by Crippen LogP contribution is -2.03. The summed E-state index contributed by atoms with van der Waals surface area (Å²) in [4.78, 5) is 0. The maximum Gasteiger partial charge on any atom is 0.416 e. The van der Waals surface area contributed by atoms with Gasteiger partial charge in [-0.3, -0.25) is 0 Å². The Balaban J connectivity index is 2.20. The molecule has 0 atom stereocenters. The van der Waals surface area contributed by atoms with Crippen LogP contribution in [-0.4, -0.2) is 0 Å². The van der Waals surface area contributed by atoms with E-state index in [-0.39, 0.29) is 5.75 Å². The molecule has 0 amide bonds. The van der Waals surface area contributed by atoms with E-state index >= 15 is 0 Å². The Morgan fingerprint density at radius 1 is 0.789 bits per heavy atom. The molecule has 2 aromatic carbocycles. The molecule has 0 saturated carbocycles. The highest BCUT2D eigenvalue weighted by Gasteiger charge is 2.30. The summed E-state index contributed by atoms with van der Waals surface area (Å²) in [7, 11) is 0. The molecule has 0 bridgehead atoms. The third-order valence-electron chi connectivity index (χ3n) is 2.25. The fourth-order valence-electron chi connectivity index (χ4n) is 1.44. The van der Waals surface area contributed by atoms with Crippen LogP contribution in [0.25, 0.3) is 0 Å². The molecule has 0 aromatic heterocycles. The first-order chi connectivity index (χ1) is 8.84. The van der Waals surface area contributed by atoms with Crippen LogP contribution in [0.4, 0.5) is 13.2 Å². The lowest BCUT2D eigenvalue weighted by atomic mass is 10.2. The fourth-order valence-corrected chi connectivity index (χ4v) is 1.94. The van der Waals surface area contributed by atoms with Crippen LogP contribution < -0.4 is 4.74 Å². The molecule has 0 unspecified atom stereocenters. The summed E-state index contributed by atoms with van der Waals surface area (Å²) in [6, 6.07) is 8.93. The van der Waals surface area contributed by atoms with Crippen LogP contribution in [0.1, 0.15) is 5.56 Å². The zero-order chi connectivity index (χ0) is 14.0. The minimum atomic E-state index is -4.36. The molecule has 2 aromatic rings. The van der Waals surface area contributed by atoms with Gasteiger partial charge in [-0.15, -0.1) is 0 Å². The molecule has 0 N–H and O–H groups in total. The summed E-state index contributed by atoms with van der Waals surface area (Å²) in [6.07, 6.45) is -4.36. The Morgan fingerprint density at radius 3 is 1.79 bits per heavy atom. The molecule has 0 fully saturated rings. The SMILES string of the molecule is FC(F)(F)c1ccc(Oc2cc(Cl)cc(Cl)c2)cc1. The van der Waals surface area contributed by atoms with Gasteiger partial charge in [0.25, 0.3) is 0 Å². The van der Waals surface area contributed by atoms with Crippen molar-refractivity contribution in [2.24, 2.45) is 0 Å². The maximum absolute atomic E-state index is 12.4. The normalized spacial score (nSPS) is 11.4. The van der Waals surface area contributed by atoms with Crippen molar-refractivity contribution in [2.45, 2.75) is 6.18 Å². The van der Waals surface area contributed by atoms with Crippen LogP contribution in [-0.2, 0) is 6.18 Å².